The third-order valence-corrected chi connectivity index (χ3v) is 7.14. The van der Waals surface area contributed by atoms with E-state index in [1.54, 1.807) is 19.1 Å². The molecule has 156 valence electrons. The lowest BCUT2D eigenvalue weighted by Crippen LogP contribution is -2.48. The number of Topliss-reactive ketones (excluding diaryl/α,β-unsaturated/α-hetero) is 1. The Morgan fingerprint density at radius 3 is 2.14 bits per heavy atom. The summed E-state index contributed by atoms with van der Waals surface area (Å²) < 4.78 is 5.24. The number of hydrogen-bond acceptors (Lipinski definition) is 4. The molecule has 1 amide bonds. The topological polar surface area (TPSA) is 72.5 Å². The van der Waals surface area contributed by atoms with E-state index in [9.17, 15) is 14.4 Å². The summed E-state index contributed by atoms with van der Waals surface area (Å²) >= 11 is 0. The summed E-state index contributed by atoms with van der Waals surface area (Å²) in [4.78, 5) is 37.0. The number of rotatable bonds is 7. The summed E-state index contributed by atoms with van der Waals surface area (Å²) in [5, 5.41) is 2.72. The molecule has 5 rings (SSSR count). The minimum absolute atomic E-state index is 0.0681. The number of carbonyl (C=O) groups excluding carboxylic acids is 3. The van der Waals surface area contributed by atoms with Gasteiger partial charge in [0.15, 0.2) is 6.10 Å². The van der Waals surface area contributed by atoms with Crippen LogP contribution in [0, 0.1) is 30.1 Å². The van der Waals surface area contributed by atoms with Gasteiger partial charge in [-0.05, 0) is 75.5 Å². The van der Waals surface area contributed by atoms with Crippen molar-refractivity contribution in [1.82, 2.24) is 5.32 Å². The van der Waals surface area contributed by atoms with Crippen LogP contribution in [0.3, 0.4) is 0 Å². The summed E-state index contributed by atoms with van der Waals surface area (Å²) in [5.41, 5.74) is 1.73. The van der Waals surface area contributed by atoms with Crippen LogP contribution in [-0.4, -0.2) is 30.3 Å². The Kier molecular flexibility index (Phi) is 5.50. The quantitative estimate of drug-likeness (QED) is 0.561. The van der Waals surface area contributed by atoms with E-state index in [0.29, 0.717) is 12.0 Å². The van der Waals surface area contributed by atoms with Crippen LogP contribution in [0.15, 0.2) is 24.3 Å². The molecule has 4 aliphatic rings. The van der Waals surface area contributed by atoms with Gasteiger partial charge in [0, 0.05) is 12.0 Å². The van der Waals surface area contributed by atoms with E-state index >= 15 is 0 Å². The average molecular weight is 398 g/mol. The predicted molar refractivity (Wildman–Crippen MR) is 109 cm³/mol. The molecule has 1 aromatic carbocycles. The van der Waals surface area contributed by atoms with Crippen LogP contribution in [0.25, 0.3) is 0 Å². The zero-order chi connectivity index (χ0) is 20.6. The van der Waals surface area contributed by atoms with E-state index in [0.717, 1.165) is 23.3 Å². The lowest BCUT2D eigenvalue weighted by atomic mass is 9.49. The van der Waals surface area contributed by atoms with Crippen LogP contribution in [-0.2, 0) is 14.3 Å². The SMILES string of the molecule is Cc1ccc(C(=O)[C@@H](C)OC(=O)CNC(=O)CC23CC4CC(CC(C4)C2)C3)cc1. The largest absolute Gasteiger partial charge is 0.453 e. The second-order valence-corrected chi connectivity index (χ2v) is 9.73. The molecule has 1 atom stereocenters. The lowest BCUT2D eigenvalue weighted by Gasteiger charge is -2.56. The van der Waals surface area contributed by atoms with E-state index in [1.165, 1.54) is 38.5 Å². The second-order valence-electron chi connectivity index (χ2n) is 9.73. The Labute approximate surface area is 172 Å². The van der Waals surface area contributed by atoms with E-state index in [2.05, 4.69) is 5.32 Å². The van der Waals surface area contributed by atoms with Crippen LogP contribution in [0.1, 0.15) is 67.8 Å². The maximum Gasteiger partial charge on any atom is 0.326 e. The van der Waals surface area contributed by atoms with Crippen molar-refractivity contribution < 1.29 is 19.1 Å². The molecule has 0 aliphatic heterocycles. The smallest absolute Gasteiger partial charge is 0.326 e. The van der Waals surface area contributed by atoms with Crippen molar-refractivity contribution in [2.45, 2.75) is 64.9 Å². The van der Waals surface area contributed by atoms with Gasteiger partial charge >= 0.3 is 5.97 Å². The Balaban J connectivity index is 1.23. The maximum absolute atomic E-state index is 12.5. The molecular formula is C24H31NO4. The first-order valence-electron chi connectivity index (χ1n) is 10.9. The lowest BCUT2D eigenvalue weighted by molar-refractivity contribution is -0.147. The van der Waals surface area contributed by atoms with Gasteiger partial charge in [-0.1, -0.05) is 29.8 Å². The Hall–Kier alpha value is -2.17. The van der Waals surface area contributed by atoms with Gasteiger partial charge in [-0.3, -0.25) is 14.4 Å². The molecule has 0 saturated heterocycles. The summed E-state index contributed by atoms with van der Waals surface area (Å²) in [6.45, 7) is 3.33. The summed E-state index contributed by atoms with van der Waals surface area (Å²) in [6.07, 6.45) is 7.18. The molecule has 0 unspecified atom stereocenters. The minimum Gasteiger partial charge on any atom is -0.453 e. The van der Waals surface area contributed by atoms with Crippen molar-refractivity contribution in [3.8, 4) is 0 Å². The normalized spacial score (nSPS) is 30.6. The van der Waals surface area contributed by atoms with Gasteiger partial charge in [-0.25, -0.2) is 0 Å². The number of nitrogens with one attached hydrogen (secondary N) is 1. The fourth-order valence-electron chi connectivity index (χ4n) is 6.33. The van der Waals surface area contributed by atoms with Gasteiger partial charge in [0.25, 0.3) is 0 Å². The van der Waals surface area contributed by atoms with Gasteiger partial charge in [-0.15, -0.1) is 0 Å². The van der Waals surface area contributed by atoms with Crippen LogP contribution >= 0.6 is 0 Å². The third kappa shape index (κ3) is 4.54. The molecular weight excluding hydrogens is 366 g/mol. The van der Waals surface area contributed by atoms with Gasteiger partial charge in [-0.2, -0.15) is 0 Å². The fraction of sp³-hybridized carbons (Fsp3) is 0.625. The second kappa shape index (κ2) is 7.92. The number of benzene rings is 1. The molecule has 5 nitrogen and oxygen atoms in total. The monoisotopic (exact) mass is 397 g/mol. The van der Waals surface area contributed by atoms with E-state index in [-0.39, 0.29) is 23.7 Å². The molecule has 29 heavy (non-hydrogen) atoms. The minimum atomic E-state index is -0.870. The van der Waals surface area contributed by atoms with Crippen LogP contribution in [0.2, 0.25) is 0 Å². The van der Waals surface area contributed by atoms with Crippen molar-refractivity contribution in [3.63, 3.8) is 0 Å². The third-order valence-electron chi connectivity index (χ3n) is 7.14. The average Bonchev–Trinajstić information content (AvgIpc) is 2.65. The summed E-state index contributed by atoms with van der Waals surface area (Å²) in [6, 6.07) is 7.17. The van der Waals surface area contributed by atoms with Gasteiger partial charge in [0.05, 0.1) is 0 Å². The number of amides is 1. The molecule has 0 radical (unpaired) electrons. The molecule has 1 N–H and O–H groups in total. The van der Waals surface area contributed by atoms with Crippen LogP contribution in [0.5, 0.6) is 0 Å². The first-order valence-corrected chi connectivity index (χ1v) is 10.9. The molecule has 0 aromatic heterocycles. The molecule has 4 saturated carbocycles. The van der Waals surface area contributed by atoms with Crippen molar-refractivity contribution in [1.29, 1.82) is 0 Å². The maximum atomic E-state index is 12.5. The fourth-order valence-corrected chi connectivity index (χ4v) is 6.33. The molecule has 4 aliphatic carbocycles. The highest BCUT2D eigenvalue weighted by molar-refractivity contribution is 6.00. The molecule has 1 aromatic rings. The van der Waals surface area contributed by atoms with Crippen molar-refractivity contribution in [2.24, 2.45) is 23.2 Å². The zero-order valence-electron chi connectivity index (χ0n) is 17.4. The predicted octanol–water partition coefficient (Wildman–Crippen LogP) is 3.83. The van der Waals surface area contributed by atoms with Crippen molar-refractivity contribution in [2.75, 3.05) is 6.54 Å². The first kappa shape index (κ1) is 20.1. The number of ketones is 1. The number of esters is 1. The van der Waals surface area contributed by atoms with Gasteiger partial charge < -0.3 is 10.1 Å². The van der Waals surface area contributed by atoms with Crippen LogP contribution in [0.4, 0.5) is 0 Å². The van der Waals surface area contributed by atoms with E-state index in [4.69, 9.17) is 4.74 Å². The Morgan fingerprint density at radius 1 is 1.03 bits per heavy atom. The number of ether oxygens (including phenoxy) is 1. The highest BCUT2D eigenvalue weighted by atomic mass is 16.5. The summed E-state index contributed by atoms with van der Waals surface area (Å²) in [5.74, 6) is 1.52. The van der Waals surface area contributed by atoms with E-state index < -0.39 is 12.1 Å². The number of hydrogen-bond donors (Lipinski definition) is 1. The van der Waals surface area contributed by atoms with Crippen LogP contribution < -0.4 is 5.32 Å². The highest BCUT2D eigenvalue weighted by Crippen LogP contribution is 2.61. The van der Waals surface area contributed by atoms with Crippen molar-refractivity contribution in [3.05, 3.63) is 35.4 Å². The van der Waals surface area contributed by atoms with E-state index in [1.807, 2.05) is 19.1 Å². The molecule has 4 fully saturated rings. The van der Waals surface area contributed by atoms with Gasteiger partial charge in [0.1, 0.15) is 6.54 Å². The molecule has 4 bridgehead atoms. The van der Waals surface area contributed by atoms with Gasteiger partial charge in [0.2, 0.25) is 11.7 Å². The van der Waals surface area contributed by atoms with Crippen molar-refractivity contribution >= 4 is 17.7 Å². The molecule has 0 spiro atoms. The molecule has 5 heteroatoms. The first-order chi connectivity index (χ1) is 13.8. The number of carbonyl (C=O) groups is 3. The number of aryl methyl sites for hydroxylation is 1. The molecule has 0 heterocycles. The standard InChI is InChI=1S/C24H31NO4/c1-15-3-5-20(6-4-15)23(28)16(2)29-22(27)14-25-21(26)13-24-10-17-7-18(11-24)9-19(8-17)12-24/h3-6,16-19H,7-14H2,1-2H3,(H,25,26)/t16-,17?,18?,19?,24?/m1/s1. The Bertz CT molecular complexity index is 762. The zero-order valence-corrected chi connectivity index (χ0v) is 17.4. The summed E-state index contributed by atoms with van der Waals surface area (Å²) in [7, 11) is 0. The Morgan fingerprint density at radius 2 is 1.59 bits per heavy atom. The highest BCUT2D eigenvalue weighted by Gasteiger charge is 2.51.